The zero-order valence-corrected chi connectivity index (χ0v) is 17.5. The molecule has 0 aromatic heterocycles. The fraction of sp³-hybridized carbons (Fsp3) is 0.348. The average molecular weight is 423 g/mol. The van der Waals surface area contributed by atoms with Crippen LogP contribution in [0.3, 0.4) is 0 Å². The number of hydrogen-bond donors (Lipinski definition) is 2. The van der Waals surface area contributed by atoms with E-state index in [2.05, 4.69) is 24.7 Å². The Kier molecular flexibility index (Phi) is 5.90. The molecule has 8 heteroatoms. The number of hydrazine groups is 1. The number of nitrogens with one attached hydrogen (secondary N) is 2. The zero-order valence-electron chi connectivity index (χ0n) is 17.5. The first kappa shape index (κ1) is 20.9. The topological polar surface area (TPSA) is 97.0 Å². The predicted molar refractivity (Wildman–Crippen MR) is 114 cm³/mol. The van der Waals surface area contributed by atoms with Crippen molar-refractivity contribution < 1.29 is 23.9 Å². The number of carbonyl (C=O) groups excluding carboxylic acids is 3. The second-order valence-electron chi connectivity index (χ2n) is 7.88. The Balaban J connectivity index is 1.40. The number of nitrogens with zero attached hydrogens (tertiary/aromatic N) is 1. The van der Waals surface area contributed by atoms with Crippen LogP contribution in [0.15, 0.2) is 42.5 Å². The average Bonchev–Trinajstić information content (AvgIpc) is 2.92. The predicted octanol–water partition coefficient (Wildman–Crippen LogP) is 2.54. The normalized spacial score (nSPS) is 18.3. The second-order valence-corrected chi connectivity index (χ2v) is 7.88. The maximum Gasteiger partial charge on any atom is 0.265 e. The molecule has 8 nitrogen and oxygen atoms in total. The maximum atomic E-state index is 12.8. The molecule has 3 amide bonds. The van der Waals surface area contributed by atoms with Crippen molar-refractivity contribution >= 4 is 23.4 Å². The summed E-state index contributed by atoms with van der Waals surface area (Å²) in [4.78, 5) is 38.9. The molecular weight excluding hydrogens is 398 g/mol. The molecule has 162 valence electrons. The second kappa shape index (κ2) is 8.77. The van der Waals surface area contributed by atoms with E-state index in [1.165, 1.54) is 0 Å². The van der Waals surface area contributed by atoms with E-state index in [1.54, 1.807) is 30.3 Å². The van der Waals surface area contributed by atoms with Gasteiger partial charge in [0.15, 0.2) is 11.5 Å². The van der Waals surface area contributed by atoms with Gasteiger partial charge in [-0.05, 0) is 41.8 Å². The van der Waals surface area contributed by atoms with Gasteiger partial charge in [0.1, 0.15) is 6.04 Å². The van der Waals surface area contributed by atoms with Gasteiger partial charge in [-0.1, -0.05) is 26.0 Å². The van der Waals surface area contributed by atoms with Gasteiger partial charge >= 0.3 is 0 Å². The number of amides is 3. The van der Waals surface area contributed by atoms with Gasteiger partial charge in [0.05, 0.1) is 25.3 Å². The van der Waals surface area contributed by atoms with Crippen LogP contribution < -0.4 is 25.2 Å². The molecule has 1 fully saturated rings. The first-order valence-corrected chi connectivity index (χ1v) is 10.4. The van der Waals surface area contributed by atoms with Crippen LogP contribution in [0.5, 0.6) is 11.5 Å². The molecular formula is C23H25N3O5. The van der Waals surface area contributed by atoms with Crippen molar-refractivity contribution in [3.63, 3.8) is 0 Å². The van der Waals surface area contributed by atoms with E-state index in [4.69, 9.17) is 9.47 Å². The minimum absolute atomic E-state index is 0.0355. The molecule has 0 spiro atoms. The molecule has 31 heavy (non-hydrogen) atoms. The van der Waals surface area contributed by atoms with Crippen LogP contribution in [-0.2, 0) is 9.59 Å². The van der Waals surface area contributed by atoms with Gasteiger partial charge in [0.2, 0.25) is 5.91 Å². The van der Waals surface area contributed by atoms with E-state index in [9.17, 15) is 14.4 Å². The fourth-order valence-corrected chi connectivity index (χ4v) is 3.55. The third-order valence-electron chi connectivity index (χ3n) is 5.33. The van der Waals surface area contributed by atoms with Crippen molar-refractivity contribution in [2.45, 2.75) is 38.6 Å². The van der Waals surface area contributed by atoms with Crippen molar-refractivity contribution in [3.05, 3.63) is 53.6 Å². The van der Waals surface area contributed by atoms with Gasteiger partial charge in [-0.25, -0.2) is 10.3 Å². The lowest BCUT2D eigenvalue weighted by molar-refractivity contribution is -0.121. The highest BCUT2D eigenvalue weighted by atomic mass is 16.5. The van der Waals surface area contributed by atoms with Crippen LogP contribution in [0, 0.1) is 0 Å². The molecule has 0 aliphatic carbocycles. The molecule has 2 aliphatic heterocycles. The van der Waals surface area contributed by atoms with E-state index < -0.39 is 17.9 Å². The Morgan fingerprint density at radius 1 is 1.03 bits per heavy atom. The quantitative estimate of drug-likeness (QED) is 0.567. The highest BCUT2D eigenvalue weighted by Gasteiger charge is 2.39. The van der Waals surface area contributed by atoms with Crippen LogP contribution in [0.25, 0.3) is 0 Å². The molecule has 2 aromatic carbocycles. The lowest BCUT2D eigenvalue weighted by Crippen LogP contribution is -2.48. The summed E-state index contributed by atoms with van der Waals surface area (Å²) in [6.07, 6.45) is 0.735. The summed E-state index contributed by atoms with van der Waals surface area (Å²) in [5.41, 5.74) is 7.23. The Hall–Kier alpha value is -3.39. The molecule has 2 aromatic rings. The van der Waals surface area contributed by atoms with E-state index in [0.29, 0.717) is 41.9 Å². The monoisotopic (exact) mass is 423 g/mol. The number of ether oxygens (including phenoxy) is 2. The third kappa shape index (κ3) is 4.39. The first-order valence-electron chi connectivity index (χ1n) is 10.4. The number of carbonyl (C=O) groups is 3. The number of rotatable bonds is 5. The molecule has 1 saturated heterocycles. The minimum Gasteiger partial charge on any atom is -0.490 e. The maximum absolute atomic E-state index is 12.8. The molecule has 2 heterocycles. The van der Waals surface area contributed by atoms with Gasteiger partial charge in [0, 0.05) is 12.0 Å². The Bertz CT molecular complexity index is 1000. The Morgan fingerprint density at radius 3 is 2.45 bits per heavy atom. The Labute approximate surface area is 180 Å². The van der Waals surface area contributed by atoms with Crippen LogP contribution in [0.4, 0.5) is 5.69 Å². The van der Waals surface area contributed by atoms with E-state index >= 15 is 0 Å². The summed E-state index contributed by atoms with van der Waals surface area (Å²) in [6.45, 7) is 5.23. The fourth-order valence-electron chi connectivity index (χ4n) is 3.55. The molecule has 1 unspecified atom stereocenters. The van der Waals surface area contributed by atoms with Gasteiger partial charge in [-0.15, -0.1) is 0 Å². The molecule has 4 rings (SSSR count). The summed E-state index contributed by atoms with van der Waals surface area (Å²) >= 11 is 0. The Morgan fingerprint density at radius 2 is 1.74 bits per heavy atom. The van der Waals surface area contributed by atoms with Gasteiger partial charge in [0.25, 0.3) is 11.8 Å². The van der Waals surface area contributed by atoms with Gasteiger partial charge in [-0.3, -0.25) is 19.8 Å². The van der Waals surface area contributed by atoms with Crippen LogP contribution >= 0.6 is 0 Å². The van der Waals surface area contributed by atoms with Gasteiger partial charge in [-0.2, -0.15) is 0 Å². The van der Waals surface area contributed by atoms with E-state index in [0.717, 1.165) is 16.9 Å². The smallest absolute Gasteiger partial charge is 0.265 e. The summed E-state index contributed by atoms with van der Waals surface area (Å²) in [7, 11) is 0. The zero-order chi connectivity index (χ0) is 22.0. The van der Waals surface area contributed by atoms with Crippen molar-refractivity contribution in [2.75, 3.05) is 18.1 Å². The van der Waals surface area contributed by atoms with Crippen molar-refractivity contribution in [1.29, 1.82) is 0 Å². The lowest BCUT2D eigenvalue weighted by atomic mass is 10.0. The summed E-state index contributed by atoms with van der Waals surface area (Å²) in [5.74, 6) is 0.307. The highest BCUT2D eigenvalue weighted by molar-refractivity contribution is 6.22. The lowest BCUT2D eigenvalue weighted by Gasteiger charge is -2.17. The van der Waals surface area contributed by atoms with Crippen LogP contribution in [0.1, 0.15) is 48.5 Å². The molecule has 0 saturated carbocycles. The summed E-state index contributed by atoms with van der Waals surface area (Å²) < 4.78 is 11.2. The summed E-state index contributed by atoms with van der Waals surface area (Å²) in [5, 5.41) is 0. The molecule has 2 N–H and O–H groups in total. The highest BCUT2D eigenvalue weighted by Crippen LogP contribution is 2.30. The number of fused-ring (bicyclic) bond motifs is 1. The van der Waals surface area contributed by atoms with Crippen molar-refractivity contribution in [3.8, 4) is 11.5 Å². The minimum atomic E-state index is -0.832. The van der Waals surface area contributed by atoms with Gasteiger partial charge < -0.3 is 9.47 Å². The van der Waals surface area contributed by atoms with Crippen molar-refractivity contribution in [2.24, 2.45) is 0 Å². The summed E-state index contributed by atoms with van der Waals surface area (Å²) in [6, 6.07) is 11.4. The third-order valence-corrected chi connectivity index (χ3v) is 5.33. The van der Waals surface area contributed by atoms with Crippen molar-refractivity contribution in [1.82, 2.24) is 10.9 Å². The standard InChI is InChI=1S/C23H25N3O5/c1-14(2)15-4-7-17(8-5-15)26-21(27)13-18(23(26)29)24-25-22(28)16-6-9-19-20(12-16)31-11-3-10-30-19/h4-9,12,14,18,24H,3,10-11,13H2,1-2H3,(H,25,28). The molecule has 0 bridgehead atoms. The van der Waals surface area contributed by atoms with E-state index in [-0.39, 0.29) is 12.3 Å². The number of anilines is 1. The van der Waals surface area contributed by atoms with E-state index in [1.807, 2.05) is 12.1 Å². The van der Waals surface area contributed by atoms with Crippen LogP contribution in [0.2, 0.25) is 0 Å². The molecule has 2 aliphatic rings. The van der Waals surface area contributed by atoms with Crippen LogP contribution in [-0.4, -0.2) is 37.0 Å². The number of hydrogen-bond acceptors (Lipinski definition) is 6. The molecule has 1 atom stereocenters. The SMILES string of the molecule is CC(C)c1ccc(N2C(=O)CC(NNC(=O)c3ccc4c(c3)OCCCO4)C2=O)cc1. The first-order chi connectivity index (χ1) is 14.9. The molecule has 0 radical (unpaired) electrons. The largest absolute Gasteiger partial charge is 0.490 e. The number of imide groups is 1. The number of benzene rings is 2.